The Balaban J connectivity index is 1.84. The maximum atomic E-state index is 12.9. The summed E-state index contributed by atoms with van der Waals surface area (Å²) in [7, 11) is 0. The summed E-state index contributed by atoms with van der Waals surface area (Å²) in [5, 5.41) is 12.5. The van der Waals surface area contributed by atoms with Crippen molar-refractivity contribution in [3.05, 3.63) is 40.9 Å². The number of likely N-dealkylation sites (tertiary alicyclic amines) is 1. The van der Waals surface area contributed by atoms with Gasteiger partial charge in [0.1, 0.15) is 5.01 Å². The predicted molar refractivity (Wildman–Crippen MR) is 97.7 cm³/mol. The van der Waals surface area contributed by atoms with Gasteiger partial charge in [-0.05, 0) is 31.4 Å². The van der Waals surface area contributed by atoms with Gasteiger partial charge < -0.3 is 10.0 Å². The van der Waals surface area contributed by atoms with Gasteiger partial charge in [-0.25, -0.2) is 4.98 Å². The lowest BCUT2D eigenvalue weighted by atomic mass is 9.76. The van der Waals surface area contributed by atoms with Gasteiger partial charge in [0, 0.05) is 35.3 Å². The monoisotopic (exact) mass is 358 g/mol. The molecule has 1 aliphatic rings. The lowest BCUT2D eigenvalue weighted by molar-refractivity contribution is -0.150. The van der Waals surface area contributed by atoms with E-state index in [1.54, 1.807) is 22.3 Å². The fraction of sp³-hybridized carbons (Fsp3) is 0.421. The Morgan fingerprint density at radius 2 is 2.12 bits per heavy atom. The summed E-state index contributed by atoms with van der Waals surface area (Å²) in [6.07, 6.45) is 0.497. The number of benzene rings is 1. The van der Waals surface area contributed by atoms with Crippen LogP contribution < -0.4 is 0 Å². The first kappa shape index (κ1) is 17.6. The van der Waals surface area contributed by atoms with Crippen LogP contribution >= 0.6 is 11.3 Å². The largest absolute Gasteiger partial charge is 0.481 e. The Morgan fingerprint density at radius 1 is 1.36 bits per heavy atom. The maximum Gasteiger partial charge on any atom is 0.311 e. The number of hydrogen-bond donors (Lipinski definition) is 1. The van der Waals surface area contributed by atoms with E-state index in [-0.39, 0.29) is 18.4 Å². The van der Waals surface area contributed by atoms with E-state index in [1.165, 1.54) is 0 Å². The highest BCUT2D eigenvalue weighted by Gasteiger charge is 2.48. The second-order valence-electron chi connectivity index (χ2n) is 6.97. The van der Waals surface area contributed by atoms with Crippen LogP contribution in [0.2, 0.25) is 0 Å². The van der Waals surface area contributed by atoms with Gasteiger partial charge in [-0.2, -0.15) is 0 Å². The van der Waals surface area contributed by atoms with Crippen molar-refractivity contribution in [2.45, 2.75) is 27.2 Å². The van der Waals surface area contributed by atoms with Crippen molar-refractivity contribution in [2.24, 2.45) is 11.3 Å². The topological polar surface area (TPSA) is 70.5 Å². The molecule has 0 aliphatic carbocycles. The van der Waals surface area contributed by atoms with Gasteiger partial charge in [-0.1, -0.05) is 26.0 Å². The Morgan fingerprint density at radius 3 is 2.68 bits per heavy atom. The van der Waals surface area contributed by atoms with E-state index in [0.717, 1.165) is 16.3 Å². The van der Waals surface area contributed by atoms with Gasteiger partial charge in [-0.3, -0.25) is 9.59 Å². The Kier molecular flexibility index (Phi) is 4.64. The number of thiazole rings is 1. The van der Waals surface area contributed by atoms with E-state index in [1.807, 2.05) is 44.4 Å². The normalized spacial score (nSPS) is 20.2. The molecule has 1 saturated heterocycles. The van der Waals surface area contributed by atoms with Crippen LogP contribution in [0.1, 0.15) is 36.3 Å². The van der Waals surface area contributed by atoms with Crippen LogP contribution in [-0.2, 0) is 4.79 Å². The molecular formula is C19H22N2O3S. The van der Waals surface area contributed by atoms with Crippen LogP contribution in [0.4, 0.5) is 0 Å². The molecule has 1 amide bonds. The van der Waals surface area contributed by atoms with Gasteiger partial charge in [-0.15, -0.1) is 11.3 Å². The van der Waals surface area contributed by atoms with Crippen molar-refractivity contribution < 1.29 is 14.7 Å². The van der Waals surface area contributed by atoms with Gasteiger partial charge >= 0.3 is 5.97 Å². The lowest BCUT2D eigenvalue weighted by Gasteiger charge is -2.28. The van der Waals surface area contributed by atoms with Crippen LogP contribution in [0.3, 0.4) is 0 Å². The SMILES string of the molecule is Cc1csc(-c2cccc(C(=O)N3CCC(C(=O)O)(C(C)C)C3)c2)n1. The van der Waals surface area contributed by atoms with E-state index < -0.39 is 11.4 Å². The third-order valence-corrected chi connectivity index (χ3v) is 6.10. The molecule has 6 heteroatoms. The minimum atomic E-state index is -0.848. The van der Waals surface area contributed by atoms with Crippen LogP contribution in [0.25, 0.3) is 10.6 Å². The number of rotatable bonds is 4. The summed E-state index contributed by atoms with van der Waals surface area (Å²) in [4.78, 5) is 30.8. The Labute approximate surface area is 151 Å². The number of nitrogens with zero attached hydrogens (tertiary/aromatic N) is 2. The Hall–Kier alpha value is -2.21. The van der Waals surface area contributed by atoms with Crippen molar-refractivity contribution in [2.75, 3.05) is 13.1 Å². The smallest absolute Gasteiger partial charge is 0.311 e. The van der Waals surface area contributed by atoms with Gasteiger partial charge in [0.15, 0.2) is 0 Å². The quantitative estimate of drug-likeness (QED) is 0.905. The predicted octanol–water partition coefficient (Wildman–Crippen LogP) is 3.69. The molecule has 0 radical (unpaired) electrons. The molecule has 2 aromatic rings. The molecule has 1 fully saturated rings. The lowest BCUT2D eigenvalue weighted by Crippen LogP contribution is -2.40. The molecule has 25 heavy (non-hydrogen) atoms. The second kappa shape index (κ2) is 6.59. The van der Waals surface area contributed by atoms with E-state index in [4.69, 9.17) is 0 Å². The van der Waals surface area contributed by atoms with E-state index in [2.05, 4.69) is 4.98 Å². The minimum Gasteiger partial charge on any atom is -0.481 e. The molecule has 2 heterocycles. The zero-order valence-electron chi connectivity index (χ0n) is 14.7. The molecule has 3 rings (SSSR count). The highest BCUT2D eigenvalue weighted by molar-refractivity contribution is 7.13. The van der Waals surface area contributed by atoms with Crippen LogP contribution in [0.15, 0.2) is 29.6 Å². The minimum absolute atomic E-state index is 0.0209. The second-order valence-corrected chi connectivity index (χ2v) is 7.83. The van der Waals surface area contributed by atoms with E-state index in [0.29, 0.717) is 18.5 Å². The van der Waals surface area contributed by atoms with Gasteiger partial charge in [0.2, 0.25) is 0 Å². The molecule has 1 N–H and O–H groups in total. The number of hydrogen-bond acceptors (Lipinski definition) is 4. The summed E-state index contributed by atoms with van der Waals surface area (Å²) >= 11 is 1.55. The molecular weight excluding hydrogens is 336 g/mol. The molecule has 1 aromatic heterocycles. The molecule has 0 spiro atoms. The van der Waals surface area contributed by atoms with Crippen molar-refractivity contribution in [1.82, 2.24) is 9.88 Å². The van der Waals surface area contributed by atoms with Crippen LogP contribution in [0, 0.1) is 18.3 Å². The van der Waals surface area contributed by atoms with E-state index in [9.17, 15) is 14.7 Å². The van der Waals surface area contributed by atoms with Crippen molar-refractivity contribution in [1.29, 1.82) is 0 Å². The number of amides is 1. The number of aryl methyl sites for hydroxylation is 1. The summed E-state index contributed by atoms with van der Waals surface area (Å²) < 4.78 is 0. The molecule has 0 saturated carbocycles. The third-order valence-electron chi connectivity index (χ3n) is 5.09. The fourth-order valence-electron chi connectivity index (χ4n) is 3.35. The zero-order chi connectivity index (χ0) is 18.2. The van der Waals surface area contributed by atoms with Crippen molar-refractivity contribution in [3.8, 4) is 10.6 Å². The van der Waals surface area contributed by atoms with E-state index >= 15 is 0 Å². The molecule has 132 valence electrons. The summed E-state index contributed by atoms with van der Waals surface area (Å²) in [6.45, 7) is 6.50. The number of carboxylic acids is 1. The third kappa shape index (κ3) is 3.18. The first-order chi connectivity index (χ1) is 11.8. The number of carbonyl (C=O) groups is 2. The fourth-order valence-corrected chi connectivity index (χ4v) is 4.15. The van der Waals surface area contributed by atoms with Crippen LogP contribution in [-0.4, -0.2) is 40.0 Å². The first-order valence-corrected chi connectivity index (χ1v) is 9.27. The average molecular weight is 358 g/mol. The number of carbonyl (C=O) groups excluding carboxylic acids is 1. The first-order valence-electron chi connectivity index (χ1n) is 8.39. The van der Waals surface area contributed by atoms with Crippen molar-refractivity contribution >= 4 is 23.2 Å². The maximum absolute atomic E-state index is 12.9. The van der Waals surface area contributed by atoms with Crippen molar-refractivity contribution in [3.63, 3.8) is 0 Å². The highest BCUT2D eigenvalue weighted by Crippen LogP contribution is 2.38. The Bertz CT molecular complexity index is 815. The molecule has 1 atom stereocenters. The van der Waals surface area contributed by atoms with Crippen LogP contribution in [0.5, 0.6) is 0 Å². The number of aromatic nitrogens is 1. The summed E-state index contributed by atoms with van der Waals surface area (Å²) in [5.74, 6) is -0.948. The molecule has 1 aliphatic heterocycles. The number of carboxylic acid groups (broad SMARTS) is 1. The van der Waals surface area contributed by atoms with Gasteiger partial charge in [0.05, 0.1) is 5.41 Å². The molecule has 5 nitrogen and oxygen atoms in total. The standard InChI is InChI=1S/C19H22N2O3S/c1-12(2)19(18(23)24)7-8-21(11-19)17(22)15-6-4-5-14(9-15)16-20-13(3)10-25-16/h4-6,9-10,12H,7-8,11H2,1-3H3,(H,23,24). The van der Waals surface area contributed by atoms with Gasteiger partial charge in [0.25, 0.3) is 5.91 Å². The average Bonchev–Trinajstić information content (AvgIpc) is 3.21. The summed E-state index contributed by atoms with van der Waals surface area (Å²) in [6, 6.07) is 7.41. The molecule has 1 aromatic carbocycles. The zero-order valence-corrected chi connectivity index (χ0v) is 15.5. The molecule has 1 unspecified atom stereocenters. The summed E-state index contributed by atoms with van der Waals surface area (Å²) in [5.41, 5.74) is 1.60. The highest BCUT2D eigenvalue weighted by atomic mass is 32.1. The molecule has 0 bridgehead atoms. The number of aliphatic carboxylic acids is 1.